The number of pyridine rings is 1. The van der Waals surface area contributed by atoms with Crippen molar-refractivity contribution in [2.75, 3.05) is 0 Å². The van der Waals surface area contributed by atoms with Gasteiger partial charge in [-0.25, -0.2) is 15.0 Å². The van der Waals surface area contributed by atoms with Gasteiger partial charge in [0.2, 0.25) is 0 Å². The minimum atomic E-state index is 0.619. The zero-order valence-corrected chi connectivity index (χ0v) is 33.8. The number of fused-ring (bicyclic) bond motifs is 2. The van der Waals surface area contributed by atoms with Gasteiger partial charge >= 0.3 is 0 Å². The van der Waals surface area contributed by atoms with E-state index in [0.717, 1.165) is 61.9 Å². The average Bonchev–Trinajstić information content (AvgIpc) is 3.30. The van der Waals surface area contributed by atoms with Crippen LogP contribution in [0, 0.1) is 6.92 Å². The van der Waals surface area contributed by atoms with Crippen molar-refractivity contribution in [3.63, 3.8) is 0 Å². The van der Waals surface area contributed by atoms with E-state index in [-0.39, 0.29) is 0 Å². The Balaban J connectivity index is 1.28. The first-order valence-corrected chi connectivity index (χ1v) is 20.3. The zero-order chi connectivity index (χ0) is 40.3. The van der Waals surface area contributed by atoms with Crippen LogP contribution in [0.5, 0.6) is 0 Å². The summed E-state index contributed by atoms with van der Waals surface area (Å²) in [6, 6.07) is 51.4. The molecule has 4 nitrogen and oxygen atoms in total. The Labute approximate surface area is 346 Å². The highest BCUT2D eigenvalue weighted by Gasteiger charge is 2.18. The van der Waals surface area contributed by atoms with Crippen molar-refractivity contribution in [2.24, 2.45) is 0 Å². The lowest BCUT2D eigenvalue weighted by molar-refractivity contribution is 1.07. The summed E-state index contributed by atoms with van der Waals surface area (Å²) in [6.07, 6.45) is 13.5. The Hall–Kier alpha value is -7.30. The zero-order valence-electron chi connectivity index (χ0n) is 33.8. The highest BCUT2D eigenvalue weighted by Crippen LogP contribution is 2.39. The van der Waals surface area contributed by atoms with Gasteiger partial charge in [0.1, 0.15) is 0 Å². The third-order valence-electron chi connectivity index (χ3n) is 11.2. The third kappa shape index (κ3) is 7.37. The fourth-order valence-corrected chi connectivity index (χ4v) is 8.28. The van der Waals surface area contributed by atoms with Crippen LogP contribution in [0.2, 0.25) is 0 Å². The van der Waals surface area contributed by atoms with Gasteiger partial charge in [-0.3, -0.25) is 4.98 Å². The molecule has 0 atom stereocenters. The van der Waals surface area contributed by atoms with E-state index in [9.17, 15) is 0 Å². The van der Waals surface area contributed by atoms with Crippen molar-refractivity contribution >= 4 is 33.7 Å². The number of allylic oxidation sites excluding steroid dienone is 2. The molecule has 0 radical (unpaired) electrons. The summed E-state index contributed by atoms with van der Waals surface area (Å²) in [5, 5.41) is 4.78. The Morgan fingerprint density at radius 3 is 1.61 bits per heavy atom. The SMILES string of the molecule is C/C=C\c1c(C)c(CC)c(/C=C\C)c2cc(-c3cc(-c4cccc(-c5ccc6ccncc6c5)c4)cc(-c4nc(-c5ccccc5)nc(-c5ccccc5)n4)c3)ccc12. The molecule has 0 fully saturated rings. The van der Waals surface area contributed by atoms with Crippen molar-refractivity contribution in [3.8, 4) is 67.5 Å². The van der Waals surface area contributed by atoms with Crippen molar-refractivity contribution < 1.29 is 0 Å². The molecule has 2 heterocycles. The molecule has 0 aliphatic carbocycles. The van der Waals surface area contributed by atoms with Gasteiger partial charge in [-0.1, -0.05) is 134 Å². The number of hydrogen-bond donors (Lipinski definition) is 0. The normalized spacial score (nSPS) is 11.7. The van der Waals surface area contributed by atoms with Crippen LogP contribution < -0.4 is 0 Å². The van der Waals surface area contributed by atoms with Crippen LogP contribution in [-0.4, -0.2) is 19.9 Å². The van der Waals surface area contributed by atoms with E-state index >= 15 is 0 Å². The third-order valence-corrected chi connectivity index (χ3v) is 11.2. The van der Waals surface area contributed by atoms with Crippen LogP contribution in [-0.2, 0) is 6.42 Å². The quantitative estimate of drug-likeness (QED) is 0.147. The molecular weight excluding hydrogens is 717 g/mol. The van der Waals surface area contributed by atoms with E-state index in [1.54, 1.807) is 0 Å². The van der Waals surface area contributed by atoms with E-state index in [1.165, 1.54) is 38.4 Å². The summed E-state index contributed by atoms with van der Waals surface area (Å²) in [6.45, 7) is 8.71. The summed E-state index contributed by atoms with van der Waals surface area (Å²) in [7, 11) is 0. The van der Waals surface area contributed by atoms with Crippen LogP contribution in [0.3, 0.4) is 0 Å². The first-order valence-electron chi connectivity index (χ1n) is 20.3. The topological polar surface area (TPSA) is 51.6 Å². The molecule has 7 aromatic carbocycles. The van der Waals surface area contributed by atoms with Gasteiger partial charge in [-0.05, 0) is 141 Å². The molecule has 0 saturated carbocycles. The lowest BCUT2D eigenvalue weighted by Crippen LogP contribution is -2.00. The smallest absolute Gasteiger partial charge is 0.164 e. The molecule has 2 aromatic heterocycles. The Kier molecular flexibility index (Phi) is 10.3. The molecule has 0 unspecified atom stereocenters. The van der Waals surface area contributed by atoms with Crippen molar-refractivity contribution in [1.29, 1.82) is 0 Å². The fraction of sp³-hybridized carbons (Fsp3) is 0.0909. The second-order valence-corrected chi connectivity index (χ2v) is 14.9. The van der Waals surface area contributed by atoms with Crippen molar-refractivity contribution in [1.82, 2.24) is 19.9 Å². The first-order chi connectivity index (χ1) is 29.0. The van der Waals surface area contributed by atoms with Crippen molar-refractivity contribution in [2.45, 2.75) is 34.1 Å². The summed E-state index contributed by atoms with van der Waals surface area (Å²) in [5.41, 5.74) is 14.7. The van der Waals surface area contributed by atoms with Crippen molar-refractivity contribution in [3.05, 3.63) is 192 Å². The molecule has 0 N–H and O–H groups in total. The largest absolute Gasteiger partial charge is 0.264 e. The minimum Gasteiger partial charge on any atom is -0.264 e. The minimum absolute atomic E-state index is 0.619. The highest BCUT2D eigenvalue weighted by atomic mass is 15.0. The monoisotopic (exact) mass is 760 g/mol. The fourth-order valence-electron chi connectivity index (χ4n) is 8.28. The molecule has 59 heavy (non-hydrogen) atoms. The lowest BCUT2D eigenvalue weighted by atomic mass is 9.86. The van der Waals surface area contributed by atoms with Gasteiger partial charge < -0.3 is 0 Å². The Morgan fingerprint density at radius 1 is 0.441 bits per heavy atom. The van der Waals surface area contributed by atoms with Gasteiger partial charge in [0, 0.05) is 34.5 Å². The maximum atomic E-state index is 5.17. The molecule has 0 saturated heterocycles. The predicted octanol–water partition coefficient (Wildman–Crippen LogP) is 14.5. The van der Waals surface area contributed by atoms with Crippen LogP contribution in [0.4, 0.5) is 0 Å². The van der Waals surface area contributed by atoms with E-state index < -0.39 is 0 Å². The Morgan fingerprint density at radius 2 is 0.966 bits per heavy atom. The van der Waals surface area contributed by atoms with Gasteiger partial charge in [0.15, 0.2) is 17.5 Å². The molecular formula is C55H44N4. The summed E-state index contributed by atoms with van der Waals surface area (Å²) < 4.78 is 0. The molecule has 9 aromatic rings. The van der Waals surface area contributed by atoms with E-state index in [2.05, 4.69) is 166 Å². The second-order valence-electron chi connectivity index (χ2n) is 14.9. The van der Waals surface area contributed by atoms with E-state index in [0.29, 0.717) is 17.5 Å². The van der Waals surface area contributed by atoms with E-state index in [1.807, 2.05) is 48.8 Å². The average molecular weight is 761 g/mol. The summed E-state index contributed by atoms with van der Waals surface area (Å²) >= 11 is 0. The first kappa shape index (κ1) is 37.3. The maximum absolute atomic E-state index is 5.17. The van der Waals surface area contributed by atoms with Crippen LogP contribution in [0.1, 0.15) is 43.0 Å². The van der Waals surface area contributed by atoms with E-state index in [4.69, 9.17) is 15.0 Å². The molecule has 4 heteroatoms. The molecule has 0 amide bonds. The highest BCUT2D eigenvalue weighted by molar-refractivity contribution is 6.01. The number of benzene rings is 7. The molecule has 0 aliphatic heterocycles. The van der Waals surface area contributed by atoms with Gasteiger partial charge in [0.05, 0.1) is 0 Å². The van der Waals surface area contributed by atoms with Crippen LogP contribution >= 0.6 is 0 Å². The van der Waals surface area contributed by atoms with Crippen LogP contribution in [0.25, 0.3) is 101 Å². The Bertz CT molecular complexity index is 3000. The van der Waals surface area contributed by atoms with Crippen LogP contribution in [0.15, 0.2) is 170 Å². The van der Waals surface area contributed by atoms with Gasteiger partial charge in [-0.2, -0.15) is 0 Å². The molecule has 9 rings (SSSR count). The van der Waals surface area contributed by atoms with Gasteiger partial charge in [0.25, 0.3) is 0 Å². The summed E-state index contributed by atoms with van der Waals surface area (Å²) in [5.74, 6) is 1.89. The predicted molar refractivity (Wildman–Crippen MR) is 249 cm³/mol. The number of nitrogens with zero attached hydrogens (tertiary/aromatic N) is 4. The standard InChI is InChI=1S/C55H44N4/c1-5-15-49-36(4)48(7-3)50(16-6-2)52-34-43(25-26-51(49)52)45-31-44(41-22-14-21-40(29-41)42-24-23-37-27-28-56-35-47(37)30-42)32-46(33-45)55-58-53(38-17-10-8-11-18-38)57-54(59-55)39-19-12-9-13-20-39/h5-6,8-35H,7H2,1-4H3/b15-5-,16-6-. The maximum Gasteiger partial charge on any atom is 0.164 e. The van der Waals surface area contributed by atoms with Gasteiger partial charge in [-0.15, -0.1) is 0 Å². The lowest BCUT2D eigenvalue weighted by Gasteiger charge is -2.18. The number of aromatic nitrogens is 4. The molecule has 0 aliphatic rings. The second kappa shape index (κ2) is 16.3. The molecule has 0 bridgehead atoms. The molecule has 284 valence electrons. The molecule has 0 spiro atoms. The number of hydrogen-bond acceptors (Lipinski definition) is 4. The summed E-state index contributed by atoms with van der Waals surface area (Å²) in [4.78, 5) is 19.7. The number of rotatable bonds is 9.